The minimum absolute atomic E-state index is 0.605. The number of aromatic amines is 1. The molecule has 0 spiro atoms. The lowest BCUT2D eigenvalue weighted by molar-refractivity contribution is 0.112. The summed E-state index contributed by atoms with van der Waals surface area (Å²) in [6.45, 7) is 4.16. The maximum atomic E-state index is 10.9. The Morgan fingerprint density at radius 3 is 3.00 bits per heavy atom. The molecular weight excluding hydrogens is 232 g/mol. The molecule has 0 saturated carbocycles. The van der Waals surface area contributed by atoms with E-state index in [0.29, 0.717) is 5.56 Å². The van der Waals surface area contributed by atoms with E-state index in [2.05, 4.69) is 35.3 Å². The number of hydrogen-bond acceptors (Lipinski definition) is 3. The summed E-state index contributed by atoms with van der Waals surface area (Å²) < 4.78 is 0. The molecule has 3 nitrogen and oxygen atoms in total. The highest BCUT2D eigenvalue weighted by Crippen LogP contribution is 2.32. The first-order valence-corrected chi connectivity index (χ1v) is 6.47. The number of nitrogens with zero attached hydrogens (tertiary/aromatic N) is 1. The van der Waals surface area contributed by atoms with Crippen molar-refractivity contribution in [2.45, 2.75) is 18.7 Å². The highest BCUT2D eigenvalue weighted by molar-refractivity contribution is 7.99. The molecule has 0 fully saturated rings. The zero-order chi connectivity index (χ0) is 12.3. The van der Waals surface area contributed by atoms with E-state index in [1.807, 2.05) is 6.92 Å². The zero-order valence-corrected chi connectivity index (χ0v) is 10.7. The van der Waals surface area contributed by atoms with Crippen LogP contribution in [-0.4, -0.2) is 22.2 Å². The minimum Gasteiger partial charge on any atom is -0.298 e. The number of carbonyl (C=O) groups is 1. The van der Waals surface area contributed by atoms with E-state index in [1.54, 1.807) is 18.0 Å². The minimum atomic E-state index is 0.605. The van der Waals surface area contributed by atoms with Gasteiger partial charge in [0.05, 0.1) is 17.5 Å². The van der Waals surface area contributed by atoms with Gasteiger partial charge in [-0.3, -0.25) is 9.89 Å². The Kier molecular flexibility index (Phi) is 3.64. The normalized spacial score (nSPS) is 10.5. The molecule has 17 heavy (non-hydrogen) atoms. The summed E-state index contributed by atoms with van der Waals surface area (Å²) in [4.78, 5) is 12.1. The van der Waals surface area contributed by atoms with Crippen LogP contribution in [-0.2, 0) is 0 Å². The van der Waals surface area contributed by atoms with E-state index in [9.17, 15) is 4.79 Å². The number of nitrogens with one attached hydrogen (secondary N) is 1. The Morgan fingerprint density at radius 1 is 1.47 bits per heavy atom. The molecule has 0 saturated heterocycles. The fourth-order valence-corrected chi connectivity index (χ4v) is 2.51. The molecule has 0 aliphatic heterocycles. The summed E-state index contributed by atoms with van der Waals surface area (Å²) >= 11 is 1.76. The van der Waals surface area contributed by atoms with Crippen LogP contribution < -0.4 is 0 Å². The lowest BCUT2D eigenvalue weighted by atomic mass is 10.1. The average molecular weight is 246 g/mol. The predicted molar refractivity (Wildman–Crippen MR) is 70.5 cm³/mol. The largest absolute Gasteiger partial charge is 0.298 e. The highest BCUT2D eigenvalue weighted by atomic mass is 32.2. The van der Waals surface area contributed by atoms with E-state index in [-0.39, 0.29) is 0 Å². The molecule has 1 heterocycles. The van der Waals surface area contributed by atoms with Crippen molar-refractivity contribution < 1.29 is 4.79 Å². The van der Waals surface area contributed by atoms with Crippen LogP contribution in [0, 0.1) is 6.92 Å². The molecular formula is C13H14N2OS. The maximum absolute atomic E-state index is 10.9. The summed E-state index contributed by atoms with van der Waals surface area (Å²) in [6.07, 6.45) is 2.40. The second-order valence-corrected chi connectivity index (χ2v) is 5.06. The fourth-order valence-electron chi connectivity index (χ4n) is 1.72. The highest BCUT2D eigenvalue weighted by Gasteiger charge is 2.11. The summed E-state index contributed by atoms with van der Waals surface area (Å²) in [5.41, 5.74) is 3.64. The third-order valence-corrected chi connectivity index (χ3v) is 3.46. The van der Waals surface area contributed by atoms with E-state index in [1.165, 1.54) is 10.5 Å². The Bertz CT molecular complexity index is 534. The third-order valence-electron chi connectivity index (χ3n) is 2.50. The van der Waals surface area contributed by atoms with Crippen molar-refractivity contribution in [2.24, 2.45) is 0 Å². The van der Waals surface area contributed by atoms with Crippen molar-refractivity contribution in [3.63, 3.8) is 0 Å². The summed E-state index contributed by atoms with van der Waals surface area (Å²) in [6, 6.07) is 6.26. The Balaban J connectivity index is 2.56. The molecule has 1 aromatic carbocycles. The second-order valence-electron chi connectivity index (χ2n) is 3.75. The van der Waals surface area contributed by atoms with E-state index >= 15 is 0 Å². The first-order chi connectivity index (χ1) is 8.26. The molecule has 0 atom stereocenters. The van der Waals surface area contributed by atoms with Crippen LogP contribution in [0.15, 0.2) is 29.3 Å². The Hall–Kier alpha value is -1.55. The summed E-state index contributed by atoms with van der Waals surface area (Å²) in [5.74, 6) is 1.00. The van der Waals surface area contributed by atoms with Crippen molar-refractivity contribution in [1.29, 1.82) is 0 Å². The van der Waals surface area contributed by atoms with Crippen LogP contribution in [0.3, 0.4) is 0 Å². The third kappa shape index (κ3) is 2.42. The number of aryl methyl sites for hydroxylation is 1. The van der Waals surface area contributed by atoms with Gasteiger partial charge in [0.15, 0.2) is 6.29 Å². The van der Waals surface area contributed by atoms with Gasteiger partial charge in [-0.2, -0.15) is 5.10 Å². The van der Waals surface area contributed by atoms with Gasteiger partial charge >= 0.3 is 0 Å². The first kappa shape index (κ1) is 11.9. The zero-order valence-electron chi connectivity index (χ0n) is 9.86. The van der Waals surface area contributed by atoms with Crippen LogP contribution in [0.1, 0.15) is 22.8 Å². The maximum Gasteiger partial charge on any atom is 0.153 e. The molecule has 2 rings (SSSR count). The van der Waals surface area contributed by atoms with Gasteiger partial charge < -0.3 is 0 Å². The monoisotopic (exact) mass is 246 g/mol. The Labute approximate surface area is 105 Å². The molecule has 1 N–H and O–H groups in total. The van der Waals surface area contributed by atoms with Gasteiger partial charge in [0.1, 0.15) is 0 Å². The molecule has 0 bridgehead atoms. The molecule has 4 heteroatoms. The van der Waals surface area contributed by atoms with Gasteiger partial charge in [0.2, 0.25) is 0 Å². The summed E-state index contributed by atoms with van der Waals surface area (Å²) in [7, 11) is 0. The van der Waals surface area contributed by atoms with Crippen molar-refractivity contribution >= 4 is 18.0 Å². The van der Waals surface area contributed by atoms with Crippen LogP contribution in [0.4, 0.5) is 0 Å². The number of benzene rings is 1. The van der Waals surface area contributed by atoms with Gasteiger partial charge in [0, 0.05) is 10.5 Å². The Morgan fingerprint density at radius 2 is 2.29 bits per heavy atom. The number of thioether (sulfide) groups is 1. The molecule has 88 valence electrons. The molecule has 0 aliphatic carbocycles. The lowest BCUT2D eigenvalue weighted by Gasteiger charge is -2.08. The van der Waals surface area contributed by atoms with E-state index < -0.39 is 0 Å². The molecule has 0 amide bonds. The van der Waals surface area contributed by atoms with Crippen LogP contribution >= 0.6 is 11.8 Å². The smallest absolute Gasteiger partial charge is 0.153 e. The van der Waals surface area contributed by atoms with Crippen LogP contribution in [0.25, 0.3) is 11.3 Å². The van der Waals surface area contributed by atoms with Crippen molar-refractivity contribution in [2.75, 3.05) is 5.75 Å². The number of aldehydes is 1. The standard InChI is InChI=1S/C13H14N2OS/c1-3-17-12-5-4-9(2)6-11(12)13-10(8-16)7-14-15-13/h4-8H,3H2,1-2H3,(H,14,15). The number of hydrogen-bond donors (Lipinski definition) is 1. The van der Waals surface area contributed by atoms with Crippen LogP contribution in [0.2, 0.25) is 0 Å². The van der Waals surface area contributed by atoms with Gasteiger partial charge in [0.25, 0.3) is 0 Å². The number of rotatable bonds is 4. The van der Waals surface area contributed by atoms with Gasteiger partial charge in [-0.15, -0.1) is 11.8 Å². The van der Waals surface area contributed by atoms with Crippen LogP contribution in [0.5, 0.6) is 0 Å². The SMILES string of the molecule is CCSc1ccc(C)cc1-c1[nH]ncc1C=O. The molecule has 0 aliphatic rings. The predicted octanol–water partition coefficient (Wildman–Crippen LogP) is 3.31. The number of H-pyrrole nitrogens is 1. The van der Waals surface area contributed by atoms with E-state index in [0.717, 1.165) is 23.3 Å². The molecule has 2 aromatic rings. The summed E-state index contributed by atoms with van der Waals surface area (Å²) in [5, 5.41) is 6.84. The average Bonchev–Trinajstić information content (AvgIpc) is 2.79. The molecule has 0 unspecified atom stereocenters. The van der Waals surface area contributed by atoms with Crippen molar-refractivity contribution in [1.82, 2.24) is 10.2 Å². The quantitative estimate of drug-likeness (QED) is 0.665. The molecule has 0 radical (unpaired) electrons. The molecule has 1 aromatic heterocycles. The van der Waals surface area contributed by atoms with Gasteiger partial charge in [-0.25, -0.2) is 0 Å². The number of carbonyl (C=O) groups excluding carboxylic acids is 1. The van der Waals surface area contributed by atoms with Crippen molar-refractivity contribution in [3.8, 4) is 11.3 Å². The number of aromatic nitrogens is 2. The fraction of sp³-hybridized carbons (Fsp3) is 0.231. The van der Waals surface area contributed by atoms with Crippen molar-refractivity contribution in [3.05, 3.63) is 35.5 Å². The lowest BCUT2D eigenvalue weighted by Crippen LogP contribution is -1.89. The van der Waals surface area contributed by atoms with E-state index in [4.69, 9.17) is 0 Å². The second kappa shape index (κ2) is 5.19. The van der Waals surface area contributed by atoms with Gasteiger partial charge in [-0.05, 0) is 24.8 Å². The topological polar surface area (TPSA) is 45.8 Å². The van der Waals surface area contributed by atoms with Gasteiger partial charge in [-0.1, -0.05) is 18.6 Å². The first-order valence-electron chi connectivity index (χ1n) is 5.48.